The molecule has 0 saturated carbocycles. The van der Waals surface area contributed by atoms with Gasteiger partial charge in [0.2, 0.25) is 0 Å². The van der Waals surface area contributed by atoms with Crippen LogP contribution in [0.5, 0.6) is 0 Å². The molecule has 82 valence electrons. The maximum atomic E-state index is 11.9. The number of nitrogens with one attached hydrogen (secondary N) is 1. The molecule has 1 aliphatic heterocycles. The number of rotatable bonds is 1. The molecule has 0 radical (unpaired) electrons. The number of nitrogens with zero attached hydrogens (tertiary/aromatic N) is 2. The molecule has 0 spiro atoms. The number of aromatic amines is 1. The van der Waals surface area contributed by atoms with Crippen molar-refractivity contribution in [1.29, 1.82) is 0 Å². The Labute approximate surface area is 86.4 Å². The lowest BCUT2D eigenvalue weighted by molar-refractivity contribution is 0.0298. The molecule has 1 saturated heterocycles. The number of morpholine rings is 1. The molecule has 1 fully saturated rings. The van der Waals surface area contributed by atoms with Crippen LogP contribution in [0.25, 0.3) is 0 Å². The summed E-state index contributed by atoms with van der Waals surface area (Å²) in [5, 5.41) is 2.71. The number of amides is 1. The van der Waals surface area contributed by atoms with E-state index in [1.807, 2.05) is 0 Å². The van der Waals surface area contributed by atoms with Crippen molar-refractivity contribution in [2.75, 3.05) is 26.3 Å². The molecule has 0 aliphatic carbocycles. The van der Waals surface area contributed by atoms with Crippen LogP contribution >= 0.6 is 0 Å². The smallest absolute Gasteiger partial charge is 0.272 e. The highest BCUT2D eigenvalue weighted by atomic mass is 16.5. The maximum Gasteiger partial charge on any atom is 0.272 e. The van der Waals surface area contributed by atoms with Crippen molar-refractivity contribution in [2.45, 2.75) is 0 Å². The van der Waals surface area contributed by atoms with Crippen molar-refractivity contribution in [3.05, 3.63) is 22.1 Å². The zero-order chi connectivity index (χ0) is 10.8. The van der Waals surface area contributed by atoms with Gasteiger partial charge < -0.3 is 9.64 Å². The van der Waals surface area contributed by atoms with Crippen LogP contribution < -0.4 is 5.56 Å². The number of aromatic nitrogens is 2. The molecule has 2 rings (SSSR count). The van der Waals surface area contributed by atoms with Crippen LogP contribution in [0.3, 0.4) is 0 Å². The molecule has 0 aromatic carbocycles. The highest BCUT2D eigenvalue weighted by molar-refractivity contribution is 5.92. The third kappa shape index (κ3) is 1.94. The van der Waals surface area contributed by atoms with Crippen LogP contribution in [0.4, 0.5) is 0 Å². The van der Waals surface area contributed by atoms with Gasteiger partial charge in [0.25, 0.3) is 11.5 Å². The van der Waals surface area contributed by atoms with Crippen molar-refractivity contribution in [2.24, 2.45) is 7.05 Å². The van der Waals surface area contributed by atoms with Crippen LogP contribution in [0.2, 0.25) is 0 Å². The van der Waals surface area contributed by atoms with Gasteiger partial charge in [-0.3, -0.25) is 19.4 Å². The van der Waals surface area contributed by atoms with E-state index in [0.29, 0.717) is 32.0 Å². The monoisotopic (exact) mass is 211 g/mol. The van der Waals surface area contributed by atoms with Crippen LogP contribution in [0.1, 0.15) is 10.5 Å². The molecular formula is C9H13N3O3. The van der Waals surface area contributed by atoms with Crippen molar-refractivity contribution >= 4 is 5.91 Å². The average molecular weight is 211 g/mol. The fourth-order valence-electron chi connectivity index (χ4n) is 1.53. The van der Waals surface area contributed by atoms with Gasteiger partial charge in [0, 0.05) is 26.2 Å². The highest BCUT2D eigenvalue weighted by Gasteiger charge is 2.20. The molecule has 1 N–H and O–H groups in total. The van der Waals surface area contributed by atoms with E-state index < -0.39 is 0 Å². The second-order valence-electron chi connectivity index (χ2n) is 3.47. The van der Waals surface area contributed by atoms with Gasteiger partial charge in [-0.15, -0.1) is 0 Å². The van der Waals surface area contributed by atoms with Gasteiger partial charge in [-0.1, -0.05) is 0 Å². The SMILES string of the molecule is Cn1[nH]c(C(=O)N2CCOCC2)cc1=O. The largest absolute Gasteiger partial charge is 0.378 e. The Kier molecular flexibility index (Phi) is 2.59. The number of ether oxygens (including phenoxy) is 1. The second kappa shape index (κ2) is 3.90. The first-order valence-corrected chi connectivity index (χ1v) is 4.81. The van der Waals surface area contributed by atoms with Gasteiger partial charge in [0.05, 0.1) is 13.2 Å². The quantitative estimate of drug-likeness (QED) is 0.660. The number of aryl methyl sites for hydroxylation is 1. The topological polar surface area (TPSA) is 67.3 Å². The summed E-state index contributed by atoms with van der Waals surface area (Å²) in [6, 6.07) is 1.32. The molecule has 1 aromatic rings. The molecule has 6 nitrogen and oxygen atoms in total. The molecular weight excluding hydrogens is 198 g/mol. The van der Waals surface area contributed by atoms with E-state index in [9.17, 15) is 9.59 Å². The molecule has 0 bridgehead atoms. The van der Waals surface area contributed by atoms with Crippen molar-refractivity contribution in [1.82, 2.24) is 14.7 Å². The predicted octanol–water partition coefficient (Wildman–Crippen LogP) is -0.814. The molecule has 1 amide bonds. The molecule has 6 heteroatoms. The summed E-state index contributed by atoms with van der Waals surface area (Å²) in [6.07, 6.45) is 0. The van der Waals surface area contributed by atoms with Gasteiger partial charge in [-0.25, -0.2) is 0 Å². The summed E-state index contributed by atoms with van der Waals surface area (Å²) in [7, 11) is 1.58. The Bertz CT molecular complexity index is 414. The lowest BCUT2D eigenvalue weighted by Gasteiger charge is -2.26. The first-order valence-electron chi connectivity index (χ1n) is 4.81. The van der Waals surface area contributed by atoms with Crippen molar-refractivity contribution in [3.8, 4) is 0 Å². The van der Waals surface area contributed by atoms with E-state index >= 15 is 0 Å². The first-order chi connectivity index (χ1) is 7.18. The van der Waals surface area contributed by atoms with Gasteiger partial charge in [-0.05, 0) is 0 Å². The average Bonchev–Trinajstić information content (AvgIpc) is 2.59. The number of carbonyl (C=O) groups is 1. The fraction of sp³-hybridized carbons (Fsp3) is 0.556. The van der Waals surface area contributed by atoms with Gasteiger partial charge in [0.15, 0.2) is 0 Å². The number of H-pyrrole nitrogens is 1. The normalized spacial score (nSPS) is 16.7. The molecule has 1 aromatic heterocycles. The third-order valence-corrected chi connectivity index (χ3v) is 2.42. The maximum absolute atomic E-state index is 11.9. The summed E-state index contributed by atoms with van der Waals surface area (Å²) in [6.45, 7) is 2.27. The van der Waals surface area contributed by atoms with Gasteiger partial charge in [-0.2, -0.15) is 0 Å². The second-order valence-corrected chi connectivity index (χ2v) is 3.47. The molecule has 1 aliphatic rings. The van der Waals surface area contributed by atoms with E-state index in [4.69, 9.17) is 4.74 Å². The lowest BCUT2D eigenvalue weighted by Crippen LogP contribution is -2.40. The Morgan fingerprint density at radius 3 is 2.67 bits per heavy atom. The molecule has 0 atom stereocenters. The number of carbonyl (C=O) groups excluding carboxylic acids is 1. The van der Waals surface area contributed by atoms with E-state index in [-0.39, 0.29) is 11.5 Å². The zero-order valence-electron chi connectivity index (χ0n) is 8.52. The van der Waals surface area contributed by atoms with E-state index in [1.165, 1.54) is 10.7 Å². The van der Waals surface area contributed by atoms with E-state index in [1.54, 1.807) is 11.9 Å². The minimum absolute atomic E-state index is 0.143. The Morgan fingerprint density at radius 1 is 1.47 bits per heavy atom. The first kappa shape index (κ1) is 9.97. The van der Waals surface area contributed by atoms with E-state index in [0.717, 1.165) is 0 Å². The third-order valence-electron chi connectivity index (χ3n) is 2.42. The standard InChI is InChI=1S/C9H13N3O3/c1-11-8(13)6-7(10-11)9(14)12-2-4-15-5-3-12/h6,10H,2-5H2,1H3. The lowest BCUT2D eigenvalue weighted by atomic mass is 10.3. The predicted molar refractivity (Wildman–Crippen MR) is 52.8 cm³/mol. The number of hydrogen-bond acceptors (Lipinski definition) is 3. The van der Waals surface area contributed by atoms with Gasteiger partial charge in [0.1, 0.15) is 5.69 Å². The summed E-state index contributed by atoms with van der Waals surface area (Å²) in [5.41, 5.74) is 0.135. The van der Waals surface area contributed by atoms with Gasteiger partial charge >= 0.3 is 0 Å². The summed E-state index contributed by atoms with van der Waals surface area (Å²) in [5.74, 6) is -0.143. The van der Waals surface area contributed by atoms with Crippen LogP contribution in [-0.2, 0) is 11.8 Å². The highest BCUT2D eigenvalue weighted by Crippen LogP contribution is 2.02. The minimum atomic E-state index is -0.202. The van der Waals surface area contributed by atoms with Crippen molar-refractivity contribution < 1.29 is 9.53 Å². The summed E-state index contributed by atoms with van der Waals surface area (Å²) < 4.78 is 6.43. The van der Waals surface area contributed by atoms with Crippen LogP contribution in [0.15, 0.2) is 10.9 Å². The van der Waals surface area contributed by atoms with Crippen molar-refractivity contribution in [3.63, 3.8) is 0 Å². The fourth-order valence-corrected chi connectivity index (χ4v) is 1.53. The molecule has 2 heterocycles. The Hall–Kier alpha value is -1.56. The minimum Gasteiger partial charge on any atom is -0.378 e. The number of hydrogen-bond donors (Lipinski definition) is 1. The summed E-state index contributed by atoms with van der Waals surface area (Å²) >= 11 is 0. The Balaban J connectivity index is 2.16. The zero-order valence-corrected chi connectivity index (χ0v) is 8.52. The van der Waals surface area contributed by atoms with E-state index in [2.05, 4.69) is 5.10 Å². The summed E-state index contributed by atoms with van der Waals surface area (Å²) in [4.78, 5) is 24.7. The van der Waals surface area contributed by atoms with Crippen LogP contribution in [-0.4, -0.2) is 46.9 Å². The molecule has 0 unspecified atom stereocenters. The Morgan fingerprint density at radius 2 is 2.13 bits per heavy atom. The van der Waals surface area contributed by atoms with Crippen LogP contribution in [0, 0.1) is 0 Å². The molecule has 15 heavy (non-hydrogen) atoms.